The minimum Gasteiger partial charge on any atom is -0.454 e. The lowest BCUT2D eigenvalue weighted by atomic mass is 10.0. The quantitative estimate of drug-likeness (QED) is 0.505. The Labute approximate surface area is 203 Å². The maximum Gasteiger partial charge on any atom is 0.247 e. The Balaban J connectivity index is 1.48. The van der Waals surface area contributed by atoms with Crippen molar-refractivity contribution in [1.82, 2.24) is 10.2 Å². The zero-order chi connectivity index (χ0) is 23.3. The SMILES string of the molecule is O=C(NC1CCCC1)[C@H](c1ccccc1)N(Cc1ccc2c(c1)OCO2)C(=O)Cc1cccs1. The molecule has 0 saturated heterocycles. The van der Waals surface area contributed by atoms with Crippen molar-refractivity contribution in [2.75, 3.05) is 6.79 Å². The average Bonchev–Trinajstić information content (AvgIpc) is 3.62. The Morgan fingerprint density at radius 2 is 1.79 bits per heavy atom. The number of fused-ring (bicyclic) bond motifs is 1. The molecule has 2 aromatic carbocycles. The summed E-state index contributed by atoms with van der Waals surface area (Å²) in [6.45, 7) is 0.481. The van der Waals surface area contributed by atoms with Crippen LogP contribution in [0.4, 0.5) is 0 Å². The van der Waals surface area contributed by atoms with Crippen molar-refractivity contribution < 1.29 is 19.1 Å². The lowest BCUT2D eigenvalue weighted by Gasteiger charge is -2.32. The predicted molar refractivity (Wildman–Crippen MR) is 131 cm³/mol. The molecule has 1 aliphatic carbocycles. The zero-order valence-electron chi connectivity index (χ0n) is 18.9. The van der Waals surface area contributed by atoms with Crippen molar-refractivity contribution in [1.29, 1.82) is 0 Å². The molecule has 3 aromatic rings. The van der Waals surface area contributed by atoms with Gasteiger partial charge in [-0.3, -0.25) is 9.59 Å². The molecular weight excluding hydrogens is 448 g/mol. The smallest absolute Gasteiger partial charge is 0.247 e. The molecule has 176 valence electrons. The Bertz CT molecular complexity index is 1130. The first-order valence-corrected chi connectivity index (χ1v) is 12.6. The second-order valence-corrected chi connectivity index (χ2v) is 9.80. The van der Waals surface area contributed by atoms with Crippen LogP contribution in [0, 0.1) is 0 Å². The zero-order valence-corrected chi connectivity index (χ0v) is 19.8. The van der Waals surface area contributed by atoms with E-state index in [0.717, 1.165) is 41.7 Å². The molecule has 0 unspecified atom stereocenters. The monoisotopic (exact) mass is 476 g/mol. The average molecular weight is 477 g/mol. The van der Waals surface area contributed by atoms with E-state index in [2.05, 4.69) is 5.32 Å². The van der Waals surface area contributed by atoms with Gasteiger partial charge in [0, 0.05) is 17.5 Å². The van der Waals surface area contributed by atoms with Crippen LogP contribution in [0.2, 0.25) is 0 Å². The highest BCUT2D eigenvalue weighted by molar-refractivity contribution is 7.10. The number of carbonyl (C=O) groups is 2. The van der Waals surface area contributed by atoms with Crippen LogP contribution in [-0.2, 0) is 22.6 Å². The number of ether oxygens (including phenoxy) is 2. The van der Waals surface area contributed by atoms with Crippen LogP contribution in [0.5, 0.6) is 11.5 Å². The topological polar surface area (TPSA) is 67.9 Å². The fourth-order valence-corrected chi connectivity index (χ4v) is 5.38. The molecule has 1 aliphatic heterocycles. The van der Waals surface area contributed by atoms with E-state index >= 15 is 0 Å². The van der Waals surface area contributed by atoms with Gasteiger partial charge in [0.2, 0.25) is 18.6 Å². The summed E-state index contributed by atoms with van der Waals surface area (Å²) in [7, 11) is 0. The molecule has 6 nitrogen and oxygen atoms in total. The van der Waals surface area contributed by atoms with Crippen LogP contribution in [0.1, 0.15) is 47.7 Å². The van der Waals surface area contributed by atoms with Crippen LogP contribution in [-0.4, -0.2) is 29.5 Å². The molecule has 1 saturated carbocycles. The van der Waals surface area contributed by atoms with Crippen LogP contribution in [0.15, 0.2) is 66.0 Å². The predicted octanol–water partition coefficient (Wildman–Crippen LogP) is 4.85. The minimum absolute atomic E-state index is 0.0875. The van der Waals surface area contributed by atoms with E-state index in [1.165, 1.54) is 0 Å². The highest BCUT2D eigenvalue weighted by Crippen LogP contribution is 2.34. The van der Waals surface area contributed by atoms with Gasteiger partial charge in [-0.1, -0.05) is 55.3 Å². The molecule has 2 aliphatic rings. The summed E-state index contributed by atoms with van der Waals surface area (Å²) in [4.78, 5) is 30.1. The van der Waals surface area contributed by atoms with E-state index < -0.39 is 6.04 Å². The van der Waals surface area contributed by atoms with E-state index in [-0.39, 0.29) is 31.1 Å². The van der Waals surface area contributed by atoms with E-state index in [1.54, 1.807) is 16.2 Å². The van der Waals surface area contributed by atoms with Gasteiger partial charge in [0.25, 0.3) is 0 Å². The highest BCUT2D eigenvalue weighted by atomic mass is 32.1. The van der Waals surface area contributed by atoms with E-state index in [0.29, 0.717) is 18.0 Å². The first-order chi connectivity index (χ1) is 16.7. The van der Waals surface area contributed by atoms with Crippen LogP contribution >= 0.6 is 11.3 Å². The second-order valence-electron chi connectivity index (χ2n) is 8.77. The van der Waals surface area contributed by atoms with Gasteiger partial charge in [-0.25, -0.2) is 0 Å². The van der Waals surface area contributed by atoms with Crippen molar-refractivity contribution in [3.05, 3.63) is 82.0 Å². The third-order valence-corrected chi connectivity index (χ3v) is 7.27. The third-order valence-electron chi connectivity index (χ3n) is 6.39. The molecule has 2 heterocycles. The molecule has 34 heavy (non-hydrogen) atoms. The van der Waals surface area contributed by atoms with Gasteiger partial charge < -0.3 is 19.7 Å². The van der Waals surface area contributed by atoms with Gasteiger partial charge in [-0.05, 0) is 47.5 Å². The molecule has 7 heteroatoms. The fourth-order valence-electron chi connectivity index (χ4n) is 4.68. The molecule has 2 amide bonds. The molecule has 0 radical (unpaired) electrons. The highest BCUT2D eigenvalue weighted by Gasteiger charge is 2.33. The number of benzene rings is 2. The molecule has 5 rings (SSSR count). The Hall–Kier alpha value is -3.32. The summed E-state index contributed by atoms with van der Waals surface area (Å²) < 4.78 is 11.0. The van der Waals surface area contributed by atoms with Crippen LogP contribution < -0.4 is 14.8 Å². The van der Waals surface area contributed by atoms with Crippen molar-refractivity contribution >= 4 is 23.2 Å². The van der Waals surface area contributed by atoms with Gasteiger partial charge in [0.15, 0.2) is 11.5 Å². The number of carbonyl (C=O) groups excluding carboxylic acids is 2. The minimum atomic E-state index is -0.723. The Kier molecular flexibility index (Phi) is 6.81. The van der Waals surface area contributed by atoms with Crippen molar-refractivity contribution in [2.45, 2.75) is 50.7 Å². The summed E-state index contributed by atoms with van der Waals surface area (Å²) >= 11 is 1.55. The molecule has 1 aromatic heterocycles. The third kappa shape index (κ3) is 5.09. The van der Waals surface area contributed by atoms with Gasteiger partial charge in [0.05, 0.1) is 6.42 Å². The molecule has 1 fully saturated rings. The Morgan fingerprint density at radius 3 is 2.56 bits per heavy atom. The molecular formula is C27H28N2O4S. The van der Waals surface area contributed by atoms with Crippen LogP contribution in [0.3, 0.4) is 0 Å². The van der Waals surface area contributed by atoms with E-state index in [9.17, 15) is 9.59 Å². The van der Waals surface area contributed by atoms with Gasteiger partial charge in [-0.15, -0.1) is 11.3 Å². The van der Waals surface area contributed by atoms with Gasteiger partial charge in [-0.2, -0.15) is 0 Å². The number of rotatable bonds is 8. The number of nitrogens with one attached hydrogen (secondary N) is 1. The first-order valence-electron chi connectivity index (χ1n) is 11.7. The van der Waals surface area contributed by atoms with E-state index in [1.807, 2.05) is 66.0 Å². The van der Waals surface area contributed by atoms with E-state index in [4.69, 9.17) is 9.47 Å². The normalized spacial score (nSPS) is 15.8. The Morgan fingerprint density at radius 1 is 1.00 bits per heavy atom. The van der Waals surface area contributed by atoms with Gasteiger partial charge in [0.1, 0.15) is 6.04 Å². The lowest BCUT2D eigenvalue weighted by molar-refractivity contribution is -0.141. The number of hydrogen-bond donors (Lipinski definition) is 1. The maximum atomic E-state index is 13.7. The molecule has 1 N–H and O–H groups in total. The van der Waals surface area contributed by atoms with Crippen LogP contribution in [0.25, 0.3) is 0 Å². The maximum absolute atomic E-state index is 13.7. The summed E-state index contributed by atoms with van der Waals surface area (Å²) in [5, 5.41) is 5.19. The summed E-state index contributed by atoms with van der Waals surface area (Å²) in [5.41, 5.74) is 1.69. The summed E-state index contributed by atoms with van der Waals surface area (Å²) in [6, 6.07) is 18.6. The lowest BCUT2D eigenvalue weighted by Crippen LogP contribution is -2.46. The second kappa shape index (κ2) is 10.3. The summed E-state index contributed by atoms with van der Waals surface area (Å²) in [6.07, 6.45) is 4.47. The van der Waals surface area contributed by atoms with Gasteiger partial charge >= 0.3 is 0 Å². The molecule has 0 bridgehead atoms. The number of hydrogen-bond acceptors (Lipinski definition) is 5. The fraction of sp³-hybridized carbons (Fsp3) is 0.333. The number of nitrogens with zero attached hydrogens (tertiary/aromatic N) is 1. The molecule has 0 spiro atoms. The number of thiophene rings is 1. The van der Waals surface area contributed by atoms with Crippen molar-refractivity contribution in [2.24, 2.45) is 0 Å². The molecule has 1 atom stereocenters. The summed E-state index contributed by atoms with van der Waals surface area (Å²) in [5.74, 6) is 1.14. The first kappa shape index (κ1) is 22.5. The van der Waals surface area contributed by atoms with Crippen molar-refractivity contribution in [3.8, 4) is 11.5 Å². The largest absolute Gasteiger partial charge is 0.454 e. The van der Waals surface area contributed by atoms with Crippen molar-refractivity contribution in [3.63, 3.8) is 0 Å². The number of amides is 2. The standard InChI is InChI=1S/C27H28N2O4S/c30-25(16-22-11-6-14-34-22)29(17-19-12-13-23-24(15-19)33-18-32-23)26(20-7-2-1-3-8-20)27(31)28-21-9-4-5-10-21/h1-3,6-8,11-15,21,26H,4-5,9-10,16-18H2,(H,28,31)/t26-/m0/s1.